The Morgan fingerprint density at radius 2 is 1.67 bits per heavy atom. The van der Waals surface area contributed by atoms with Crippen LogP contribution in [0.1, 0.15) is 54.4 Å². The van der Waals surface area contributed by atoms with Gasteiger partial charge in [0, 0.05) is 0 Å². The van der Waals surface area contributed by atoms with Crippen molar-refractivity contribution in [1.82, 2.24) is 5.32 Å². The Kier molecular flexibility index (Phi) is 5.61. The lowest BCUT2D eigenvalue weighted by atomic mass is 10.1. The van der Waals surface area contributed by atoms with E-state index in [1.807, 2.05) is 0 Å². The van der Waals surface area contributed by atoms with E-state index in [4.69, 9.17) is 14.2 Å². The summed E-state index contributed by atoms with van der Waals surface area (Å²) in [5, 5.41) is 2.59. The third kappa shape index (κ3) is 8.55. The van der Waals surface area contributed by atoms with Gasteiger partial charge in [0.25, 0.3) is 0 Å². The van der Waals surface area contributed by atoms with E-state index in [1.54, 1.807) is 41.5 Å². The van der Waals surface area contributed by atoms with Gasteiger partial charge in [-0.1, -0.05) is 0 Å². The van der Waals surface area contributed by atoms with Crippen LogP contribution in [-0.4, -0.2) is 42.0 Å². The van der Waals surface area contributed by atoms with Crippen molar-refractivity contribution < 1.29 is 23.8 Å². The highest BCUT2D eigenvalue weighted by atomic mass is 16.6. The lowest BCUT2D eigenvalue weighted by molar-refractivity contribution is -0.157. The van der Waals surface area contributed by atoms with Crippen LogP contribution in [0.3, 0.4) is 0 Å². The molecule has 1 saturated heterocycles. The number of carbonyl (C=O) groups excluding carboxylic acids is 2. The molecule has 1 N–H and O–H groups in total. The zero-order valence-electron chi connectivity index (χ0n) is 13.8. The van der Waals surface area contributed by atoms with E-state index >= 15 is 0 Å². The lowest BCUT2D eigenvalue weighted by Crippen LogP contribution is -2.46. The van der Waals surface area contributed by atoms with Crippen LogP contribution in [0.25, 0.3) is 0 Å². The summed E-state index contributed by atoms with van der Waals surface area (Å²) >= 11 is 0. The summed E-state index contributed by atoms with van der Waals surface area (Å²) in [4.78, 5) is 24.0. The molecule has 1 rings (SSSR count). The molecule has 1 heterocycles. The van der Waals surface area contributed by atoms with Gasteiger partial charge in [0.15, 0.2) is 0 Å². The molecule has 6 nitrogen and oxygen atoms in total. The van der Waals surface area contributed by atoms with Gasteiger partial charge in [-0.3, -0.25) is 0 Å². The Morgan fingerprint density at radius 3 is 2.10 bits per heavy atom. The van der Waals surface area contributed by atoms with Gasteiger partial charge in [-0.25, -0.2) is 9.59 Å². The second-order valence-corrected chi connectivity index (χ2v) is 7.26. The zero-order valence-corrected chi connectivity index (χ0v) is 13.8. The second-order valence-electron chi connectivity index (χ2n) is 7.26. The molecule has 1 aliphatic heterocycles. The Balaban J connectivity index is 2.57. The molecule has 0 aromatic carbocycles. The van der Waals surface area contributed by atoms with Crippen molar-refractivity contribution in [3.8, 4) is 0 Å². The van der Waals surface area contributed by atoms with Gasteiger partial charge in [0.2, 0.25) is 0 Å². The van der Waals surface area contributed by atoms with Crippen molar-refractivity contribution in [2.75, 3.05) is 6.61 Å². The van der Waals surface area contributed by atoms with E-state index in [9.17, 15) is 9.59 Å². The molecule has 0 aromatic rings. The third-order valence-corrected chi connectivity index (χ3v) is 2.56. The summed E-state index contributed by atoms with van der Waals surface area (Å²) in [6, 6.07) is -0.719. The fraction of sp³-hybridized carbons (Fsp3) is 0.867. The fourth-order valence-electron chi connectivity index (χ4n) is 1.66. The van der Waals surface area contributed by atoms with Crippen molar-refractivity contribution in [3.05, 3.63) is 0 Å². The molecule has 0 saturated carbocycles. The maximum Gasteiger partial charge on any atom is 0.408 e. The highest BCUT2D eigenvalue weighted by molar-refractivity contribution is 5.81. The van der Waals surface area contributed by atoms with Crippen LogP contribution in [0.2, 0.25) is 0 Å². The number of rotatable bonds is 5. The zero-order chi connectivity index (χ0) is 16.3. The van der Waals surface area contributed by atoms with Crippen LogP contribution in [0.5, 0.6) is 0 Å². The first-order chi connectivity index (χ1) is 9.46. The van der Waals surface area contributed by atoms with Crippen molar-refractivity contribution in [2.45, 2.75) is 77.7 Å². The first-order valence-corrected chi connectivity index (χ1v) is 7.30. The van der Waals surface area contributed by atoms with Crippen LogP contribution in [0.4, 0.5) is 4.79 Å². The average Bonchev–Trinajstić information content (AvgIpc) is 3.02. The monoisotopic (exact) mass is 301 g/mol. The van der Waals surface area contributed by atoms with Gasteiger partial charge in [-0.2, -0.15) is 0 Å². The molecule has 1 fully saturated rings. The summed E-state index contributed by atoms with van der Waals surface area (Å²) in [6.07, 6.45) is 0.754. The summed E-state index contributed by atoms with van der Waals surface area (Å²) in [5.74, 6) is -0.450. The quantitative estimate of drug-likeness (QED) is 0.623. The van der Waals surface area contributed by atoms with Crippen LogP contribution in [-0.2, 0) is 19.0 Å². The second kappa shape index (κ2) is 6.64. The van der Waals surface area contributed by atoms with Crippen molar-refractivity contribution >= 4 is 12.1 Å². The smallest absolute Gasteiger partial charge is 0.408 e. The minimum absolute atomic E-state index is 0.190. The highest BCUT2D eigenvalue weighted by Gasteiger charge is 2.31. The van der Waals surface area contributed by atoms with Crippen LogP contribution in [0.15, 0.2) is 0 Å². The van der Waals surface area contributed by atoms with E-state index < -0.39 is 29.3 Å². The van der Waals surface area contributed by atoms with Crippen LogP contribution < -0.4 is 5.32 Å². The highest BCUT2D eigenvalue weighted by Crippen LogP contribution is 2.19. The summed E-state index contributed by atoms with van der Waals surface area (Å²) < 4.78 is 15.6. The number of ether oxygens (including phenoxy) is 3. The maximum absolute atomic E-state index is 12.2. The molecule has 1 aliphatic rings. The Morgan fingerprint density at radius 1 is 1.14 bits per heavy atom. The van der Waals surface area contributed by atoms with E-state index in [-0.39, 0.29) is 6.10 Å². The van der Waals surface area contributed by atoms with Crippen molar-refractivity contribution in [2.24, 2.45) is 0 Å². The Bertz CT molecular complexity index is 377. The standard InChI is InChI=1S/C15H27NO5/c1-14(2,3)20-12(17)11(8-7-10-9-19-10)16-13(18)21-15(4,5)6/h10-11H,7-9H2,1-6H3,(H,16,18). The van der Waals surface area contributed by atoms with Gasteiger partial charge in [0.05, 0.1) is 12.7 Å². The number of nitrogens with one attached hydrogen (secondary N) is 1. The molecule has 0 radical (unpaired) electrons. The number of amides is 1. The van der Waals surface area contributed by atoms with Crippen LogP contribution in [0, 0.1) is 0 Å². The Hall–Kier alpha value is -1.30. The van der Waals surface area contributed by atoms with Gasteiger partial charge in [-0.05, 0) is 54.4 Å². The largest absolute Gasteiger partial charge is 0.458 e. The summed E-state index contributed by atoms with van der Waals surface area (Å²) in [7, 11) is 0. The SMILES string of the molecule is CC(C)(C)OC(=O)NC(CCC1CO1)C(=O)OC(C)(C)C. The molecule has 2 atom stereocenters. The predicted molar refractivity (Wildman–Crippen MR) is 78.0 cm³/mol. The summed E-state index contributed by atoms with van der Waals surface area (Å²) in [5.41, 5.74) is -1.21. The predicted octanol–water partition coefficient (Wildman–Crippen LogP) is 2.40. The van der Waals surface area contributed by atoms with Gasteiger partial charge < -0.3 is 19.5 Å². The van der Waals surface area contributed by atoms with E-state index in [2.05, 4.69) is 5.32 Å². The number of alkyl carbamates (subject to hydrolysis) is 1. The van der Waals surface area contributed by atoms with Crippen molar-refractivity contribution in [3.63, 3.8) is 0 Å². The first kappa shape index (κ1) is 17.8. The molecule has 0 aliphatic carbocycles. The number of hydrogen-bond acceptors (Lipinski definition) is 5. The minimum atomic E-state index is -0.719. The van der Waals surface area contributed by atoms with Gasteiger partial charge in [0.1, 0.15) is 17.2 Å². The first-order valence-electron chi connectivity index (χ1n) is 7.30. The number of carbonyl (C=O) groups is 2. The number of esters is 1. The van der Waals surface area contributed by atoms with E-state index in [0.29, 0.717) is 19.4 Å². The molecule has 0 spiro atoms. The molecule has 122 valence electrons. The molecule has 0 bridgehead atoms. The third-order valence-electron chi connectivity index (χ3n) is 2.56. The number of epoxide rings is 1. The van der Waals surface area contributed by atoms with Gasteiger partial charge in [-0.15, -0.1) is 0 Å². The lowest BCUT2D eigenvalue weighted by Gasteiger charge is -2.26. The molecule has 21 heavy (non-hydrogen) atoms. The fourth-order valence-corrected chi connectivity index (χ4v) is 1.66. The molecule has 2 unspecified atom stereocenters. The van der Waals surface area contributed by atoms with E-state index in [1.165, 1.54) is 0 Å². The normalized spacial score (nSPS) is 19.6. The van der Waals surface area contributed by atoms with Gasteiger partial charge >= 0.3 is 12.1 Å². The molecule has 1 amide bonds. The van der Waals surface area contributed by atoms with E-state index in [0.717, 1.165) is 0 Å². The molecule has 0 aromatic heterocycles. The average molecular weight is 301 g/mol. The molecule has 6 heteroatoms. The summed E-state index contributed by atoms with van der Waals surface area (Å²) in [6.45, 7) is 11.4. The number of hydrogen-bond donors (Lipinski definition) is 1. The van der Waals surface area contributed by atoms with Crippen LogP contribution >= 0.6 is 0 Å². The molecular formula is C15H27NO5. The Labute approximate surface area is 126 Å². The minimum Gasteiger partial charge on any atom is -0.458 e. The topological polar surface area (TPSA) is 77.2 Å². The maximum atomic E-state index is 12.2. The molecular weight excluding hydrogens is 274 g/mol. The van der Waals surface area contributed by atoms with Crippen molar-refractivity contribution in [1.29, 1.82) is 0 Å².